The average Bonchev–Trinajstić information content (AvgIpc) is 3.54. The summed E-state index contributed by atoms with van der Waals surface area (Å²) in [5, 5.41) is 8.27. The van der Waals surface area contributed by atoms with Gasteiger partial charge < -0.3 is 39.3 Å². The molecule has 0 fully saturated rings. The molecule has 0 bridgehead atoms. The molecule has 2 aliphatic heterocycles. The molecular weight excluding hydrogens is 516 g/mol. The van der Waals surface area contributed by atoms with Crippen LogP contribution in [0.15, 0.2) is 59.5 Å². The highest BCUT2D eigenvalue weighted by Gasteiger charge is 2.22. The SMILES string of the molecule is CC(=O)O.NCc1cccc(Cn2cc(-c3nc4cc5c(cc4[nH]c3=O)OCCO5)c3cc4c(cc32)OCO4)c1. The number of H-pyrrole nitrogens is 1. The van der Waals surface area contributed by atoms with Gasteiger partial charge in [-0.25, -0.2) is 4.98 Å². The van der Waals surface area contributed by atoms with Gasteiger partial charge in [-0.2, -0.15) is 0 Å². The van der Waals surface area contributed by atoms with Crippen LogP contribution in [0.2, 0.25) is 0 Å². The Morgan fingerprint density at radius 3 is 2.42 bits per heavy atom. The van der Waals surface area contributed by atoms with Gasteiger partial charge in [0.25, 0.3) is 11.5 Å². The fourth-order valence-electron chi connectivity index (χ4n) is 4.86. The Bertz CT molecular complexity index is 1820. The lowest BCUT2D eigenvalue weighted by Crippen LogP contribution is -2.16. The topological polar surface area (TPSA) is 151 Å². The van der Waals surface area contributed by atoms with Gasteiger partial charge in [0, 0.05) is 55.4 Å². The van der Waals surface area contributed by atoms with E-state index in [-0.39, 0.29) is 12.4 Å². The molecule has 7 rings (SSSR count). The Kier molecular flexibility index (Phi) is 6.48. The maximum absolute atomic E-state index is 13.3. The molecule has 0 aliphatic carbocycles. The molecule has 11 heteroatoms. The van der Waals surface area contributed by atoms with E-state index in [9.17, 15) is 4.79 Å². The Morgan fingerprint density at radius 1 is 1.00 bits per heavy atom. The minimum Gasteiger partial charge on any atom is -0.486 e. The summed E-state index contributed by atoms with van der Waals surface area (Å²) in [6, 6.07) is 15.6. The zero-order chi connectivity index (χ0) is 27.8. The number of aromatic nitrogens is 3. The number of aromatic amines is 1. The molecule has 204 valence electrons. The number of nitrogens with zero attached hydrogens (tertiary/aromatic N) is 2. The molecule has 0 atom stereocenters. The number of carbonyl (C=O) groups is 1. The molecule has 0 saturated carbocycles. The number of nitrogens with two attached hydrogens (primary N) is 1. The number of carboxylic acid groups (broad SMARTS) is 1. The van der Waals surface area contributed by atoms with Crippen molar-refractivity contribution in [2.24, 2.45) is 5.73 Å². The van der Waals surface area contributed by atoms with Gasteiger partial charge in [0.1, 0.15) is 18.9 Å². The number of hydrogen-bond acceptors (Lipinski definition) is 8. The van der Waals surface area contributed by atoms with Crippen molar-refractivity contribution in [1.29, 1.82) is 0 Å². The molecule has 2 aromatic heterocycles. The van der Waals surface area contributed by atoms with Crippen molar-refractivity contribution in [2.75, 3.05) is 20.0 Å². The molecule has 5 aromatic rings. The maximum atomic E-state index is 13.3. The molecule has 4 N–H and O–H groups in total. The third kappa shape index (κ3) is 4.78. The first kappa shape index (κ1) is 25.3. The predicted molar refractivity (Wildman–Crippen MR) is 147 cm³/mol. The highest BCUT2D eigenvalue weighted by molar-refractivity contribution is 5.98. The summed E-state index contributed by atoms with van der Waals surface area (Å²) in [4.78, 5) is 30.0. The number of benzene rings is 3. The first-order valence-corrected chi connectivity index (χ1v) is 12.6. The summed E-state index contributed by atoms with van der Waals surface area (Å²) < 4.78 is 24.7. The van der Waals surface area contributed by atoms with E-state index in [1.165, 1.54) is 0 Å². The summed E-state index contributed by atoms with van der Waals surface area (Å²) in [5.41, 5.74) is 10.9. The van der Waals surface area contributed by atoms with Crippen molar-refractivity contribution in [2.45, 2.75) is 20.0 Å². The van der Waals surface area contributed by atoms with Crippen molar-refractivity contribution in [3.8, 4) is 34.3 Å². The van der Waals surface area contributed by atoms with Crippen molar-refractivity contribution in [3.05, 3.63) is 76.2 Å². The minimum absolute atomic E-state index is 0.164. The standard InChI is InChI=1S/C27H22N4O5.C2H4O2/c28-11-15-2-1-3-16(6-15)12-31-13-18(17-7-22-25(10-21(17)31)36-14-35-22)26-27(32)30-20-9-24-23(8-19(20)29-26)33-4-5-34-24;1-2(3)4/h1-3,6-10,13H,4-5,11-12,14,28H2,(H,30,32);1H3,(H,3,4). The molecule has 4 heterocycles. The van der Waals surface area contributed by atoms with Crippen LogP contribution in [0.5, 0.6) is 23.0 Å². The summed E-state index contributed by atoms with van der Waals surface area (Å²) in [6.07, 6.45) is 1.95. The smallest absolute Gasteiger partial charge is 0.300 e. The van der Waals surface area contributed by atoms with Crippen LogP contribution in [0, 0.1) is 0 Å². The zero-order valence-electron chi connectivity index (χ0n) is 21.6. The molecule has 0 amide bonds. The minimum atomic E-state index is -0.833. The van der Waals surface area contributed by atoms with E-state index in [0.29, 0.717) is 71.6 Å². The predicted octanol–water partition coefficient (Wildman–Crippen LogP) is 3.64. The van der Waals surface area contributed by atoms with Gasteiger partial charge in [-0.1, -0.05) is 24.3 Å². The highest BCUT2D eigenvalue weighted by Crippen LogP contribution is 2.40. The second kappa shape index (κ2) is 10.3. The van der Waals surface area contributed by atoms with E-state index in [1.54, 1.807) is 12.1 Å². The van der Waals surface area contributed by atoms with Gasteiger partial charge in [0.05, 0.1) is 16.6 Å². The van der Waals surface area contributed by atoms with Crippen molar-refractivity contribution in [1.82, 2.24) is 14.5 Å². The molecule has 0 spiro atoms. The van der Waals surface area contributed by atoms with Crippen LogP contribution in [-0.2, 0) is 17.9 Å². The number of hydrogen-bond donors (Lipinski definition) is 3. The van der Waals surface area contributed by atoms with Crippen molar-refractivity contribution < 1.29 is 28.8 Å². The molecular formula is C29H26N4O7. The van der Waals surface area contributed by atoms with Crippen LogP contribution < -0.4 is 30.2 Å². The molecule has 0 saturated heterocycles. The van der Waals surface area contributed by atoms with E-state index in [1.807, 2.05) is 30.5 Å². The number of fused-ring (bicyclic) bond motifs is 4. The lowest BCUT2D eigenvalue weighted by Gasteiger charge is -2.18. The zero-order valence-corrected chi connectivity index (χ0v) is 21.6. The Morgan fingerprint density at radius 2 is 1.68 bits per heavy atom. The van der Waals surface area contributed by atoms with Gasteiger partial charge in [0.15, 0.2) is 23.0 Å². The monoisotopic (exact) mass is 542 g/mol. The Balaban J connectivity index is 0.000000680. The molecule has 0 unspecified atom stereocenters. The maximum Gasteiger partial charge on any atom is 0.300 e. The van der Waals surface area contributed by atoms with Gasteiger partial charge in [-0.3, -0.25) is 9.59 Å². The summed E-state index contributed by atoms with van der Waals surface area (Å²) in [7, 11) is 0. The van der Waals surface area contributed by atoms with E-state index in [0.717, 1.165) is 29.0 Å². The van der Waals surface area contributed by atoms with E-state index in [4.69, 9.17) is 39.6 Å². The Labute approximate surface area is 227 Å². The molecule has 3 aromatic carbocycles. The number of aliphatic carboxylic acids is 1. The van der Waals surface area contributed by atoms with Crippen molar-refractivity contribution >= 4 is 27.9 Å². The summed E-state index contributed by atoms with van der Waals surface area (Å²) in [5.74, 6) is 1.70. The normalized spacial score (nSPS) is 13.2. The second-order valence-corrected chi connectivity index (χ2v) is 9.36. The highest BCUT2D eigenvalue weighted by atomic mass is 16.7. The van der Waals surface area contributed by atoms with Crippen LogP contribution in [-0.4, -0.2) is 45.6 Å². The van der Waals surface area contributed by atoms with Crippen LogP contribution in [0.1, 0.15) is 18.1 Å². The van der Waals surface area contributed by atoms with Crippen LogP contribution >= 0.6 is 0 Å². The molecule has 11 nitrogen and oxygen atoms in total. The van der Waals surface area contributed by atoms with E-state index in [2.05, 4.69) is 21.7 Å². The fourth-order valence-corrected chi connectivity index (χ4v) is 4.86. The van der Waals surface area contributed by atoms with Gasteiger partial charge in [-0.05, 0) is 17.2 Å². The number of rotatable bonds is 4. The van der Waals surface area contributed by atoms with Gasteiger partial charge in [-0.15, -0.1) is 0 Å². The summed E-state index contributed by atoms with van der Waals surface area (Å²) in [6.45, 7) is 3.25. The van der Waals surface area contributed by atoms with Crippen LogP contribution in [0.25, 0.3) is 33.2 Å². The molecule has 0 radical (unpaired) electrons. The Hall–Kier alpha value is -5.03. The second-order valence-electron chi connectivity index (χ2n) is 9.36. The van der Waals surface area contributed by atoms with E-state index < -0.39 is 5.97 Å². The van der Waals surface area contributed by atoms with Gasteiger partial charge >= 0.3 is 0 Å². The largest absolute Gasteiger partial charge is 0.486 e. The average molecular weight is 543 g/mol. The third-order valence-corrected chi connectivity index (χ3v) is 6.57. The molecule has 40 heavy (non-hydrogen) atoms. The third-order valence-electron chi connectivity index (χ3n) is 6.57. The van der Waals surface area contributed by atoms with E-state index >= 15 is 0 Å². The number of ether oxygens (including phenoxy) is 4. The first-order chi connectivity index (χ1) is 19.4. The summed E-state index contributed by atoms with van der Waals surface area (Å²) >= 11 is 0. The van der Waals surface area contributed by atoms with Crippen LogP contribution in [0.4, 0.5) is 0 Å². The van der Waals surface area contributed by atoms with Crippen LogP contribution in [0.3, 0.4) is 0 Å². The van der Waals surface area contributed by atoms with Crippen molar-refractivity contribution in [3.63, 3.8) is 0 Å². The quantitative estimate of drug-likeness (QED) is 0.309. The molecule has 2 aliphatic rings. The number of nitrogens with one attached hydrogen (secondary N) is 1. The first-order valence-electron chi connectivity index (χ1n) is 12.6. The lowest BCUT2D eigenvalue weighted by atomic mass is 10.1. The van der Waals surface area contributed by atoms with Gasteiger partial charge in [0.2, 0.25) is 6.79 Å². The number of carboxylic acids is 1. The lowest BCUT2D eigenvalue weighted by molar-refractivity contribution is -0.134. The fraction of sp³-hybridized carbons (Fsp3) is 0.207.